The first-order valence-corrected chi connectivity index (χ1v) is 9.11. The number of hydrogen-bond donors (Lipinski definition) is 4. The molecule has 1 heterocycles. The molecule has 4 N–H and O–H groups in total. The van der Waals surface area contributed by atoms with Crippen LogP contribution in [0.1, 0.15) is 40.5 Å². The second-order valence-electron chi connectivity index (χ2n) is 7.20. The lowest BCUT2D eigenvalue weighted by molar-refractivity contribution is -0.140. The van der Waals surface area contributed by atoms with Gasteiger partial charge in [0.1, 0.15) is 17.2 Å². The van der Waals surface area contributed by atoms with Gasteiger partial charge in [0.15, 0.2) is 0 Å². The van der Waals surface area contributed by atoms with Gasteiger partial charge in [0.2, 0.25) is 0 Å². The second kappa shape index (κ2) is 9.71. The molecule has 0 spiro atoms. The van der Waals surface area contributed by atoms with Crippen LogP contribution in [0.5, 0.6) is 0 Å². The molecule has 1 rings (SSSR count). The Balaban J connectivity index is 2.88. The van der Waals surface area contributed by atoms with Crippen molar-refractivity contribution in [2.75, 3.05) is 13.2 Å². The quantitative estimate of drug-likeness (QED) is 0.285. The van der Waals surface area contributed by atoms with E-state index in [0.29, 0.717) is 0 Å². The van der Waals surface area contributed by atoms with Crippen molar-refractivity contribution in [3.63, 3.8) is 0 Å². The Morgan fingerprint density at radius 2 is 1.77 bits per heavy atom. The molecule has 1 aliphatic rings. The standard InChI is InChI=1S/C19H32O7/c1-5-7-11(3)18-19(4,26-18)17(25)14(10-21)16(24)13(9-20)15(23)8-12(22)6-2/h5,7,11,13-15,17-18,20-21,23,25H,6,8-10H2,1-4H3/b7-5-/t11-,13-,14-,15+,17-,18+,19?/m0/s1. The number of ether oxygens (including phenoxy) is 1. The lowest BCUT2D eigenvalue weighted by atomic mass is 9.79. The first-order chi connectivity index (χ1) is 12.2. The molecule has 7 atom stereocenters. The van der Waals surface area contributed by atoms with E-state index in [1.807, 2.05) is 26.0 Å². The predicted octanol–water partition coefficient (Wildman–Crippen LogP) is 0.233. The smallest absolute Gasteiger partial charge is 0.148 e. The van der Waals surface area contributed by atoms with Crippen molar-refractivity contribution in [1.29, 1.82) is 0 Å². The van der Waals surface area contributed by atoms with Crippen LogP contribution in [-0.4, -0.2) is 69.1 Å². The van der Waals surface area contributed by atoms with Gasteiger partial charge in [0.05, 0.1) is 43.4 Å². The van der Waals surface area contributed by atoms with E-state index in [2.05, 4.69) is 0 Å². The molecule has 0 aromatic rings. The normalized spacial score (nSPS) is 28.4. The van der Waals surface area contributed by atoms with E-state index in [1.54, 1.807) is 13.8 Å². The van der Waals surface area contributed by atoms with Gasteiger partial charge in [-0.15, -0.1) is 0 Å². The number of hydrogen-bond acceptors (Lipinski definition) is 7. The van der Waals surface area contributed by atoms with Gasteiger partial charge in [0.25, 0.3) is 0 Å². The van der Waals surface area contributed by atoms with E-state index in [9.17, 15) is 30.0 Å². The van der Waals surface area contributed by atoms with Crippen LogP contribution in [0.4, 0.5) is 0 Å². The topological polar surface area (TPSA) is 128 Å². The van der Waals surface area contributed by atoms with E-state index in [0.717, 1.165) is 0 Å². The first kappa shape index (κ1) is 22.9. The summed E-state index contributed by atoms with van der Waals surface area (Å²) >= 11 is 0. The minimum atomic E-state index is -1.35. The Labute approximate surface area is 154 Å². The van der Waals surface area contributed by atoms with Gasteiger partial charge in [-0.3, -0.25) is 9.59 Å². The average molecular weight is 372 g/mol. The van der Waals surface area contributed by atoms with E-state index < -0.39 is 48.6 Å². The Morgan fingerprint density at radius 3 is 2.23 bits per heavy atom. The number of Topliss-reactive ketones (excluding diaryl/α,β-unsaturated/α-hetero) is 2. The highest BCUT2D eigenvalue weighted by Gasteiger charge is 2.61. The SMILES string of the molecule is C/C=C\[C@H](C)[C@H]1OC1(C)[C@@H](O)[C@@H](CO)C(=O)[C@@H](CO)[C@H](O)CC(=O)CC. The van der Waals surface area contributed by atoms with E-state index in [4.69, 9.17) is 4.74 Å². The van der Waals surface area contributed by atoms with Crippen LogP contribution in [-0.2, 0) is 14.3 Å². The summed E-state index contributed by atoms with van der Waals surface area (Å²) in [5, 5.41) is 40.0. The number of rotatable bonds is 12. The molecule has 0 saturated carbocycles. The molecule has 150 valence electrons. The van der Waals surface area contributed by atoms with E-state index in [1.165, 1.54) is 0 Å². The van der Waals surface area contributed by atoms with Crippen LogP contribution < -0.4 is 0 Å². The lowest BCUT2D eigenvalue weighted by Gasteiger charge is -2.28. The molecule has 1 aliphatic heterocycles. The monoisotopic (exact) mass is 372 g/mol. The first-order valence-electron chi connectivity index (χ1n) is 9.11. The molecule has 7 heteroatoms. The minimum Gasteiger partial charge on any atom is -0.396 e. The maximum Gasteiger partial charge on any atom is 0.148 e. The molecule has 0 aliphatic carbocycles. The Bertz CT molecular complexity index is 518. The van der Waals surface area contributed by atoms with Crippen molar-refractivity contribution >= 4 is 11.6 Å². The van der Waals surface area contributed by atoms with Crippen LogP contribution in [0, 0.1) is 17.8 Å². The summed E-state index contributed by atoms with van der Waals surface area (Å²) in [5.74, 6) is -3.34. The fourth-order valence-electron chi connectivity index (χ4n) is 3.45. The number of allylic oxidation sites excluding steroid dienone is 1. The molecule has 26 heavy (non-hydrogen) atoms. The van der Waals surface area contributed by atoms with Crippen LogP contribution in [0.25, 0.3) is 0 Å². The molecule has 0 bridgehead atoms. The van der Waals surface area contributed by atoms with E-state index in [-0.39, 0.29) is 30.6 Å². The third-order valence-electron chi connectivity index (χ3n) is 5.25. The fraction of sp³-hybridized carbons (Fsp3) is 0.789. The number of epoxide rings is 1. The zero-order valence-electron chi connectivity index (χ0n) is 16.0. The van der Waals surface area contributed by atoms with Gasteiger partial charge in [-0.1, -0.05) is 26.0 Å². The summed E-state index contributed by atoms with van der Waals surface area (Å²) in [6.07, 6.45) is 0.816. The molecular formula is C19H32O7. The van der Waals surface area contributed by atoms with Gasteiger partial charge < -0.3 is 25.2 Å². The van der Waals surface area contributed by atoms with Crippen LogP contribution in [0.15, 0.2) is 12.2 Å². The second-order valence-corrected chi connectivity index (χ2v) is 7.20. The fourth-order valence-corrected chi connectivity index (χ4v) is 3.45. The van der Waals surface area contributed by atoms with Crippen molar-refractivity contribution in [3.05, 3.63) is 12.2 Å². The highest BCUT2D eigenvalue weighted by atomic mass is 16.6. The van der Waals surface area contributed by atoms with Gasteiger partial charge in [-0.2, -0.15) is 0 Å². The summed E-state index contributed by atoms with van der Waals surface area (Å²) in [6, 6.07) is 0. The maximum atomic E-state index is 12.7. The molecular weight excluding hydrogens is 340 g/mol. The largest absolute Gasteiger partial charge is 0.396 e. The molecule has 0 radical (unpaired) electrons. The third kappa shape index (κ3) is 4.98. The highest BCUT2D eigenvalue weighted by Crippen LogP contribution is 2.46. The van der Waals surface area contributed by atoms with Crippen LogP contribution >= 0.6 is 0 Å². The van der Waals surface area contributed by atoms with Crippen LogP contribution in [0.2, 0.25) is 0 Å². The Hall–Kier alpha value is -1.12. The Morgan fingerprint density at radius 1 is 1.19 bits per heavy atom. The van der Waals surface area contributed by atoms with Crippen molar-refractivity contribution in [3.8, 4) is 0 Å². The predicted molar refractivity (Wildman–Crippen MR) is 95.3 cm³/mol. The summed E-state index contributed by atoms with van der Waals surface area (Å²) in [7, 11) is 0. The number of ketones is 2. The Kier molecular flexibility index (Phi) is 8.56. The highest BCUT2D eigenvalue weighted by molar-refractivity contribution is 5.86. The molecule has 0 amide bonds. The summed E-state index contributed by atoms with van der Waals surface area (Å²) < 4.78 is 5.63. The zero-order valence-corrected chi connectivity index (χ0v) is 16.0. The van der Waals surface area contributed by atoms with Gasteiger partial charge in [-0.25, -0.2) is 0 Å². The summed E-state index contributed by atoms with van der Waals surface area (Å²) in [6.45, 7) is 5.79. The molecule has 1 fully saturated rings. The minimum absolute atomic E-state index is 0.0236. The molecule has 0 aromatic heterocycles. The number of aliphatic hydroxyl groups is 4. The maximum absolute atomic E-state index is 12.7. The van der Waals surface area contributed by atoms with Crippen molar-refractivity contribution < 1.29 is 34.8 Å². The molecule has 7 nitrogen and oxygen atoms in total. The molecule has 1 unspecified atom stereocenters. The number of carbonyl (C=O) groups excluding carboxylic acids is 2. The van der Waals surface area contributed by atoms with Crippen molar-refractivity contribution in [2.45, 2.75) is 64.4 Å². The van der Waals surface area contributed by atoms with Crippen LogP contribution in [0.3, 0.4) is 0 Å². The molecule has 1 saturated heterocycles. The summed E-state index contributed by atoms with van der Waals surface area (Å²) in [5.41, 5.74) is -0.994. The summed E-state index contributed by atoms with van der Waals surface area (Å²) in [4.78, 5) is 24.2. The van der Waals surface area contributed by atoms with Gasteiger partial charge in [0, 0.05) is 18.8 Å². The zero-order chi connectivity index (χ0) is 20.1. The number of carbonyl (C=O) groups is 2. The third-order valence-corrected chi connectivity index (χ3v) is 5.25. The molecule has 0 aromatic carbocycles. The van der Waals surface area contributed by atoms with Gasteiger partial charge in [-0.05, 0) is 13.8 Å². The average Bonchev–Trinajstić information content (AvgIpc) is 3.29. The number of aliphatic hydroxyl groups excluding tert-OH is 4. The van der Waals surface area contributed by atoms with Crippen molar-refractivity contribution in [2.24, 2.45) is 17.8 Å². The van der Waals surface area contributed by atoms with Crippen molar-refractivity contribution in [1.82, 2.24) is 0 Å². The van der Waals surface area contributed by atoms with E-state index >= 15 is 0 Å². The lowest BCUT2D eigenvalue weighted by Crippen LogP contribution is -2.47. The van der Waals surface area contributed by atoms with Gasteiger partial charge >= 0.3 is 0 Å².